The molecule has 0 bridgehead atoms. The smallest absolute Gasteiger partial charge is 0.123 e. The lowest BCUT2D eigenvalue weighted by Gasteiger charge is -2.40. The summed E-state index contributed by atoms with van der Waals surface area (Å²) in [6.07, 6.45) is 0.312. The summed E-state index contributed by atoms with van der Waals surface area (Å²) < 4.78 is 0. The first-order valence-corrected chi connectivity index (χ1v) is 7.15. The van der Waals surface area contributed by atoms with Crippen LogP contribution in [0.4, 0.5) is 5.69 Å². The zero-order valence-electron chi connectivity index (χ0n) is 9.68. The van der Waals surface area contributed by atoms with Gasteiger partial charge < -0.3 is 5.32 Å². The number of hydrogen-bond acceptors (Lipinski definition) is 5. The molecule has 4 rings (SSSR count). The number of nitrogens with zero attached hydrogens (tertiary/aromatic N) is 1. The predicted molar refractivity (Wildman–Crippen MR) is 70.4 cm³/mol. The third-order valence-corrected chi connectivity index (χ3v) is 5.13. The van der Waals surface area contributed by atoms with Gasteiger partial charge in [0, 0.05) is 17.5 Å². The first-order valence-electron chi connectivity index (χ1n) is 6.10. The number of rotatable bonds is 0. The number of fused-ring (bicyclic) bond motifs is 4. The maximum Gasteiger partial charge on any atom is 0.123 e. The predicted octanol–water partition coefficient (Wildman–Crippen LogP) is 1.31. The summed E-state index contributed by atoms with van der Waals surface area (Å²) in [5.41, 5.74) is 6.69. The summed E-state index contributed by atoms with van der Waals surface area (Å²) in [6, 6.07) is 9.49. The Kier molecular flexibility index (Phi) is 2.17. The Balaban J connectivity index is 1.68. The van der Waals surface area contributed by atoms with Crippen molar-refractivity contribution in [3.05, 3.63) is 29.8 Å². The van der Waals surface area contributed by atoms with Gasteiger partial charge in [-0.15, -0.1) is 11.8 Å². The largest absolute Gasteiger partial charge is 0.368 e. The third kappa shape index (κ3) is 1.43. The SMILES string of the molecule is CC1CSC2NC3Nc4ccccc4C3NN12. The van der Waals surface area contributed by atoms with Gasteiger partial charge in [0.1, 0.15) is 11.7 Å². The van der Waals surface area contributed by atoms with Crippen LogP contribution in [0.3, 0.4) is 0 Å². The number of hydrogen-bond donors (Lipinski definition) is 3. The molecule has 0 aliphatic carbocycles. The molecule has 4 nitrogen and oxygen atoms in total. The van der Waals surface area contributed by atoms with E-state index in [1.54, 1.807) is 0 Å². The van der Waals surface area contributed by atoms with Crippen LogP contribution in [0.15, 0.2) is 24.3 Å². The maximum absolute atomic E-state index is 3.67. The van der Waals surface area contributed by atoms with E-state index in [1.807, 2.05) is 11.8 Å². The van der Waals surface area contributed by atoms with Gasteiger partial charge in [-0.2, -0.15) is 0 Å². The van der Waals surface area contributed by atoms with Gasteiger partial charge in [0.05, 0.1) is 6.04 Å². The van der Waals surface area contributed by atoms with Gasteiger partial charge in [0.2, 0.25) is 0 Å². The molecule has 1 aromatic carbocycles. The van der Waals surface area contributed by atoms with Crippen molar-refractivity contribution in [2.24, 2.45) is 0 Å². The van der Waals surface area contributed by atoms with E-state index in [9.17, 15) is 0 Å². The zero-order valence-corrected chi connectivity index (χ0v) is 10.5. The second kappa shape index (κ2) is 3.62. The van der Waals surface area contributed by atoms with Crippen molar-refractivity contribution < 1.29 is 0 Å². The Labute approximate surface area is 105 Å². The van der Waals surface area contributed by atoms with E-state index >= 15 is 0 Å². The fourth-order valence-electron chi connectivity index (χ4n) is 2.87. The van der Waals surface area contributed by atoms with E-state index in [-0.39, 0.29) is 0 Å². The number of hydrazine groups is 1. The molecule has 4 atom stereocenters. The zero-order chi connectivity index (χ0) is 11.4. The van der Waals surface area contributed by atoms with Gasteiger partial charge in [-0.1, -0.05) is 18.2 Å². The van der Waals surface area contributed by atoms with Gasteiger partial charge in [-0.3, -0.25) is 5.32 Å². The van der Waals surface area contributed by atoms with Crippen LogP contribution in [-0.4, -0.2) is 28.5 Å². The average molecular weight is 248 g/mol. The van der Waals surface area contributed by atoms with Gasteiger partial charge in [0.15, 0.2) is 0 Å². The van der Waals surface area contributed by atoms with E-state index in [1.165, 1.54) is 17.0 Å². The summed E-state index contributed by atoms with van der Waals surface area (Å²) in [5.74, 6) is 1.19. The second-order valence-electron chi connectivity index (χ2n) is 4.92. The first kappa shape index (κ1) is 10.2. The van der Waals surface area contributed by atoms with Crippen molar-refractivity contribution in [1.82, 2.24) is 15.8 Å². The first-order chi connectivity index (χ1) is 8.33. The van der Waals surface area contributed by atoms with Crippen LogP contribution in [0.5, 0.6) is 0 Å². The highest BCUT2D eigenvalue weighted by Gasteiger charge is 2.44. The van der Waals surface area contributed by atoms with Gasteiger partial charge >= 0.3 is 0 Å². The highest BCUT2D eigenvalue weighted by molar-refractivity contribution is 8.00. The molecule has 0 aromatic heterocycles. The highest BCUT2D eigenvalue weighted by atomic mass is 32.2. The Hall–Kier alpha value is -0.750. The lowest BCUT2D eigenvalue weighted by atomic mass is 10.1. The van der Waals surface area contributed by atoms with E-state index in [0.717, 1.165) is 0 Å². The summed E-state index contributed by atoms with van der Waals surface area (Å²) in [6.45, 7) is 2.27. The van der Waals surface area contributed by atoms with Crippen LogP contribution in [0, 0.1) is 0 Å². The van der Waals surface area contributed by atoms with Crippen LogP contribution in [-0.2, 0) is 0 Å². The molecule has 0 amide bonds. The summed E-state index contributed by atoms with van der Waals surface area (Å²) in [5, 5.41) is 9.58. The minimum atomic E-state index is 0.312. The van der Waals surface area contributed by atoms with Crippen LogP contribution in [0.1, 0.15) is 18.5 Å². The molecule has 3 aliphatic heterocycles. The molecule has 4 unspecified atom stereocenters. The molecule has 0 saturated carbocycles. The van der Waals surface area contributed by atoms with Crippen molar-refractivity contribution in [1.29, 1.82) is 0 Å². The summed E-state index contributed by atoms with van der Waals surface area (Å²) in [7, 11) is 0. The Morgan fingerprint density at radius 1 is 1.35 bits per heavy atom. The van der Waals surface area contributed by atoms with Crippen LogP contribution < -0.4 is 16.1 Å². The highest BCUT2D eigenvalue weighted by Crippen LogP contribution is 2.39. The minimum Gasteiger partial charge on any atom is -0.368 e. The van der Waals surface area contributed by atoms with Crippen molar-refractivity contribution in [2.45, 2.75) is 30.7 Å². The Bertz CT molecular complexity index is 452. The second-order valence-corrected chi connectivity index (χ2v) is 6.04. The Morgan fingerprint density at radius 3 is 3.18 bits per heavy atom. The quantitative estimate of drug-likeness (QED) is 0.646. The normalized spacial score (nSPS) is 39.4. The lowest BCUT2D eigenvalue weighted by Crippen LogP contribution is -2.63. The van der Waals surface area contributed by atoms with E-state index in [4.69, 9.17) is 0 Å². The maximum atomic E-state index is 3.67. The van der Waals surface area contributed by atoms with Crippen molar-refractivity contribution in [2.75, 3.05) is 11.1 Å². The van der Waals surface area contributed by atoms with Crippen LogP contribution in [0.2, 0.25) is 0 Å². The number of nitrogens with one attached hydrogen (secondary N) is 3. The third-order valence-electron chi connectivity index (χ3n) is 3.77. The lowest BCUT2D eigenvalue weighted by molar-refractivity contribution is 0.0520. The monoisotopic (exact) mass is 248 g/mol. The Morgan fingerprint density at radius 2 is 2.24 bits per heavy atom. The molecule has 3 aliphatic rings. The van der Waals surface area contributed by atoms with Gasteiger partial charge in [-0.25, -0.2) is 10.4 Å². The van der Waals surface area contributed by atoms with Crippen molar-refractivity contribution in [3.8, 4) is 0 Å². The molecule has 0 spiro atoms. The molecule has 1 aromatic rings. The number of anilines is 1. The average Bonchev–Trinajstić information content (AvgIpc) is 2.88. The van der Waals surface area contributed by atoms with Crippen molar-refractivity contribution >= 4 is 17.4 Å². The van der Waals surface area contributed by atoms with Crippen LogP contribution >= 0.6 is 11.8 Å². The van der Waals surface area contributed by atoms with Gasteiger partial charge in [-0.05, 0) is 18.6 Å². The molecule has 0 radical (unpaired) electrons. The molecular formula is C12H16N4S. The molecular weight excluding hydrogens is 232 g/mol. The molecule has 3 N–H and O–H groups in total. The van der Waals surface area contributed by atoms with Crippen molar-refractivity contribution in [3.63, 3.8) is 0 Å². The topological polar surface area (TPSA) is 39.3 Å². The van der Waals surface area contributed by atoms with Crippen LogP contribution in [0.25, 0.3) is 0 Å². The molecule has 5 heteroatoms. The van der Waals surface area contributed by atoms with E-state index in [0.29, 0.717) is 23.7 Å². The van der Waals surface area contributed by atoms with Gasteiger partial charge in [0.25, 0.3) is 0 Å². The summed E-state index contributed by atoms with van der Waals surface area (Å²) in [4.78, 5) is 0. The summed E-state index contributed by atoms with van der Waals surface area (Å²) >= 11 is 1.97. The number of para-hydroxylation sites is 1. The molecule has 2 fully saturated rings. The molecule has 17 heavy (non-hydrogen) atoms. The molecule has 90 valence electrons. The van der Waals surface area contributed by atoms with E-state index < -0.39 is 0 Å². The number of thioether (sulfide) groups is 1. The van der Waals surface area contributed by atoms with E-state index in [2.05, 4.69) is 52.3 Å². The standard InChI is InChI=1S/C12H16N4S/c1-7-6-17-12-14-11-10(15-16(7)12)8-4-2-3-5-9(8)13-11/h2-5,7,10-15H,6H2,1H3. The number of benzene rings is 1. The minimum absolute atomic E-state index is 0.312. The molecule has 2 saturated heterocycles. The fourth-order valence-corrected chi connectivity index (χ4v) is 4.17. The molecule has 3 heterocycles. The fraction of sp³-hybridized carbons (Fsp3) is 0.500.